The van der Waals surface area contributed by atoms with Crippen molar-refractivity contribution in [1.82, 2.24) is 25.6 Å². The first kappa shape index (κ1) is 18.3. The Hall–Kier alpha value is -1.12. The molecule has 1 aromatic carbocycles. The van der Waals surface area contributed by atoms with Crippen LogP contribution in [0.25, 0.3) is 0 Å². The molecule has 4 rings (SSSR count). The van der Waals surface area contributed by atoms with Gasteiger partial charge in [-0.15, -0.1) is 0 Å². The van der Waals surface area contributed by atoms with Crippen molar-refractivity contribution >= 4 is 7.85 Å². The summed E-state index contributed by atoms with van der Waals surface area (Å²) in [5.74, 6) is 1.01. The van der Waals surface area contributed by atoms with Gasteiger partial charge in [0.15, 0.2) is 0 Å². The Balaban J connectivity index is 1.26. The third kappa shape index (κ3) is 3.77. The SMILES string of the molecule is [B]CCc1ccc(OC2CN(CC3NN(C)C4CNCCN34)C2)c(C)c1. The van der Waals surface area contributed by atoms with E-state index >= 15 is 0 Å². The van der Waals surface area contributed by atoms with Crippen molar-refractivity contribution in [1.29, 1.82) is 0 Å². The first-order chi connectivity index (χ1) is 12.6. The van der Waals surface area contributed by atoms with Gasteiger partial charge in [0.25, 0.3) is 0 Å². The van der Waals surface area contributed by atoms with Gasteiger partial charge in [0.1, 0.15) is 11.9 Å². The van der Waals surface area contributed by atoms with E-state index in [1.54, 1.807) is 0 Å². The number of likely N-dealkylation sites (N-methyl/N-ethyl adjacent to an activating group) is 1. The highest BCUT2D eigenvalue weighted by molar-refractivity contribution is 6.08. The molecule has 1 aromatic rings. The largest absolute Gasteiger partial charge is 0.487 e. The maximum absolute atomic E-state index is 6.21. The number of fused-ring (bicyclic) bond motifs is 1. The monoisotopic (exact) mass is 355 g/mol. The Kier molecular flexibility index (Phi) is 5.52. The normalized spacial score (nSPS) is 28.1. The number of aryl methyl sites for hydroxylation is 2. The molecule has 26 heavy (non-hydrogen) atoms. The van der Waals surface area contributed by atoms with E-state index in [9.17, 15) is 0 Å². The fourth-order valence-corrected chi connectivity index (χ4v) is 4.31. The highest BCUT2D eigenvalue weighted by Gasteiger charge is 2.41. The van der Waals surface area contributed by atoms with Crippen molar-refractivity contribution in [2.24, 2.45) is 0 Å². The molecule has 0 aromatic heterocycles. The fourth-order valence-electron chi connectivity index (χ4n) is 4.31. The summed E-state index contributed by atoms with van der Waals surface area (Å²) in [6.07, 6.45) is 2.79. The average molecular weight is 355 g/mol. The van der Waals surface area contributed by atoms with Gasteiger partial charge in [0.05, 0.1) is 20.2 Å². The summed E-state index contributed by atoms with van der Waals surface area (Å²) in [5.41, 5.74) is 6.11. The van der Waals surface area contributed by atoms with Crippen LogP contribution in [0, 0.1) is 6.92 Å². The average Bonchev–Trinajstić information content (AvgIpc) is 2.91. The van der Waals surface area contributed by atoms with Gasteiger partial charge in [-0.2, -0.15) is 0 Å². The molecule has 3 heterocycles. The molecule has 3 aliphatic rings. The summed E-state index contributed by atoms with van der Waals surface area (Å²) >= 11 is 0. The molecule has 0 saturated carbocycles. The Morgan fingerprint density at radius 2 is 2.15 bits per heavy atom. The highest BCUT2D eigenvalue weighted by atomic mass is 16.5. The molecule has 3 saturated heterocycles. The number of likely N-dealkylation sites (tertiary alicyclic amines) is 1. The molecule has 6 nitrogen and oxygen atoms in total. The number of hydrazine groups is 1. The molecule has 0 bridgehead atoms. The lowest BCUT2D eigenvalue weighted by Gasteiger charge is -2.42. The van der Waals surface area contributed by atoms with Gasteiger partial charge in [-0.1, -0.05) is 18.5 Å². The van der Waals surface area contributed by atoms with Gasteiger partial charge in [0.2, 0.25) is 0 Å². The number of rotatable bonds is 6. The van der Waals surface area contributed by atoms with Crippen molar-refractivity contribution < 1.29 is 4.74 Å². The zero-order chi connectivity index (χ0) is 18.1. The van der Waals surface area contributed by atoms with Crippen LogP contribution in [0.3, 0.4) is 0 Å². The maximum atomic E-state index is 6.21. The van der Waals surface area contributed by atoms with Gasteiger partial charge in [-0.05, 0) is 30.5 Å². The van der Waals surface area contributed by atoms with E-state index in [0.29, 0.717) is 24.8 Å². The summed E-state index contributed by atoms with van der Waals surface area (Å²) in [6, 6.07) is 6.43. The Bertz CT molecular complexity index is 624. The van der Waals surface area contributed by atoms with Gasteiger partial charge < -0.3 is 10.1 Å². The maximum Gasteiger partial charge on any atom is 0.124 e. The van der Waals surface area contributed by atoms with Gasteiger partial charge >= 0.3 is 0 Å². The van der Waals surface area contributed by atoms with Crippen molar-refractivity contribution in [3.8, 4) is 5.75 Å². The number of hydrogen-bond acceptors (Lipinski definition) is 6. The Morgan fingerprint density at radius 3 is 2.92 bits per heavy atom. The molecule has 7 heteroatoms. The highest BCUT2D eigenvalue weighted by Crippen LogP contribution is 2.25. The summed E-state index contributed by atoms with van der Waals surface area (Å²) in [7, 11) is 7.78. The van der Waals surface area contributed by atoms with Crippen LogP contribution < -0.4 is 15.5 Å². The number of nitrogens with zero attached hydrogens (tertiary/aromatic N) is 3. The van der Waals surface area contributed by atoms with Crippen molar-refractivity contribution in [3.05, 3.63) is 29.3 Å². The number of benzene rings is 1. The predicted octanol–water partition coefficient (Wildman–Crippen LogP) is 0.195. The second kappa shape index (κ2) is 7.86. The number of nitrogens with one attached hydrogen (secondary N) is 2. The lowest BCUT2D eigenvalue weighted by Crippen LogP contribution is -2.60. The smallest absolute Gasteiger partial charge is 0.124 e. The van der Waals surface area contributed by atoms with Gasteiger partial charge in [0, 0.05) is 46.3 Å². The molecule has 2 radical (unpaired) electrons. The van der Waals surface area contributed by atoms with E-state index in [0.717, 1.165) is 51.4 Å². The topological polar surface area (TPSA) is 43.0 Å². The third-order valence-corrected chi connectivity index (χ3v) is 5.78. The summed E-state index contributed by atoms with van der Waals surface area (Å²) < 4.78 is 6.21. The van der Waals surface area contributed by atoms with E-state index in [1.807, 2.05) is 0 Å². The standard InChI is InChI=1S/C19H30BN5O/c1-14-9-15(5-6-20)3-4-17(14)26-16-11-24(12-16)13-18-22-23(2)19-10-21-7-8-25(18)19/h3-4,9,16,18-19,21-22H,5-8,10-13H2,1-2H3. The molecular weight excluding hydrogens is 325 g/mol. The molecule has 140 valence electrons. The summed E-state index contributed by atoms with van der Waals surface area (Å²) in [5, 5.41) is 5.72. The molecule has 2 atom stereocenters. The molecule has 2 unspecified atom stereocenters. The minimum Gasteiger partial charge on any atom is -0.487 e. The van der Waals surface area contributed by atoms with Crippen LogP contribution in [0.2, 0.25) is 6.32 Å². The molecule has 2 N–H and O–H groups in total. The summed E-state index contributed by atoms with van der Waals surface area (Å²) in [4.78, 5) is 5.06. The fraction of sp³-hybridized carbons (Fsp3) is 0.684. The molecule has 0 amide bonds. The first-order valence-corrected chi connectivity index (χ1v) is 9.78. The van der Waals surface area contributed by atoms with Crippen LogP contribution in [-0.4, -0.2) is 87.4 Å². The van der Waals surface area contributed by atoms with Crippen LogP contribution in [0.5, 0.6) is 5.75 Å². The van der Waals surface area contributed by atoms with Crippen molar-refractivity contribution in [2.75, 3.05) is 46.3 Å². The van der Waals surface area contributed by atoms with Crippen LogP contribution in [0.4, 0.5) is 0 Å². The minimum absolute atomic E-state index is 0.298. The van der Waals surface area contributed by atoms with Crippen molar-refractivity contribution in [2.45, 2.75) is 38.1 Å². The second-order valence-electron chi connectivity index (χ2n) is 7.78. The number of hydrogen-bond donors (Lipinski definition) is 2. The lowest BCUT2D eigenvalue weighted by molar-refractivity contribution is -0.00110. The lowest BCUT2D eigenvalue weighted by atomic mass is 9.96. The van der Waals surface area contributed by atoms with Crippen LogP contribution in [-0.2, 0) is 6.42 Å². The van der Waals surface area contributed by atoms with Crippen LogP contribution in [0.15, 0.2) is 18.2 Å². The van der Waals surface area contributed by atoms with E-state index < -0.39 is 0 Å². The molecule has 3 aliphatic heterocycles. The zero-order valence-electron chi connectivity index (χ0n) is 15.9. The molecule has 0 spiro atoms. The first-order valence-electron chi connectivity index (χ1n) is 9.78. The molecule has 3 fully saturated rings. The second-order valence-corrected chi connectivity index (χ2v) is 7.78. The Morgan fingerprint density at radius 1 is 1.31 bits per heavy atom. The Labute approximate surface area is 158 Å². The quantitative estimate of drug-likeness (QED) is 0.711. The zero-order valence-corrected chi connectivity index (χ0v) is 15.9. The van der Waals surface area contributed by atoms with Crippen LogP contribution >= 0.6 is 0 Å². The molecule has 0 aliphatic carbocycles. The summed E-state index contributed by atoms with van der Waals surface area (Å²) in [6.45, 7) is 8.39. The van der Waals surface area contributed by atoms with Gasteiger partial charge in [-0.3, -0.25) is 9.80 Å². The van der Waals surface area contributed by atoms with Crippen LogP contribution in [0.1, 0.15) is 11.1 Å². The third-order valence-electron chi connectivity index (χ3n) is 5.78. The van der Waals surface area contributed by atoms with Gasteiger partial charge in [-0.25, -0.2) is 10.4 Å². The van der Waals surface area contributed by atoms with E-state index in [4.69, 9.17) is 12.6 Å². The minimum atomic E-state index is 0.298. The van der Waals surface area contributed by atoms with E-state index in [-0.39, 0.29) is 0 Å². The van der Waals surface area contributed by atoms with Crippen molar-refractivity contribution in [3.63, 3.8) is 0 Å². The predicted molar refractivity (Wildman–Crippen MR) is 104 cm³/mol. The molecular formula is C19H30BN5O. The number of ether oxygens (including phenoxy) is 1. The number of piperazine rings is 1. The van der Waals surface area contributed by atoms with E-state index in [1.165, 1.54) is 11.1 Å². The van der Waals surface area contributed by atoms with E-state index in [2.05, 4.69) is 57.7 Å².